The average Bonchev–Trinajstić information content (AvgIpc) is 3.44. The van der Waals surface area contributed by atoms with Gasteiger partial charge in [0.25, 0.3) is 5.91 Å². The quantitative estimate of drug-likeness (QED) is 0.386. The Morgan fingerprint density at radius 3 is 2.34 bits per heavy atom. The van der Waals surface area contributed by atoms with E-state index in [1.54, 1.807) is 0 Å². The number of hydrogen-bond acceptors (Lipinski definition) is 4. The van der Waals surface area contributed by atoms with Gasteiger partial charge >= 0.3 is 0 Å². The van der Waals surface area contributed by atoms with Crippen molar-refractivity contribution in [3.63, 3.8) is 0 Å². The molecule has 2 atom stereocenters. The number of hydrogen-bond donors (Lipinski definition) is 1. The van der Waals surface area contributed by atoms with Crippen LogP contribution in [0.25, 0.3) is 0 Å². The topological polar surface area (TPSA) is 44.8 Å². The summed E-state index contributed by atoms with van der Waals surface area (Å²) in [6.07, 6.45) is 4.63. The molecule has 1 N–H and O–H groups in total. The Morgan fingerprint density at radius 1 is 0.921 bits per heavy atom. The lowest BCUT2D eigenvalue weighted by Crippen LogP contribution is -2.43. The molecule has 2 unspecified atom stereocenters. The lowest BCUT2D eigenvalue weighted by molar-refractivity contribution is 0.0860. The summed E-state index contributed by atoms with van der Waals surface area (Å²) in [6.45, 7) is 8.01. The van der Waals surface area contributed by atoms with Crippen LogP contribution in [0, 0.1) is 0 Å². The number of ether oxygens (including phenoxy) is 1. The summed E-state index contributed by atoms with van der Waals surface area (Å²) in [5, 5.41) is 3.15. The lowest BCUT2D eigenvalue weighted by atomic mass is 9.90. The predicted octanol–water partition coefficient (Wildman–Crippen LogP) is 5.58. The molecule has 3 aromatic rings. The smallest absolute Gasteiger partial charge is 0.251 e. The van der Waals surface area contributed by atoms with Crippen molar-refractivity contribution in [3.8, 4) is 5.75 Å². The zero-order valence-corrected chi connectivity index (χ0v) is 22.6. The van der Waals surface area contributed by atoms with Crippen LogP contribution in [0.5, 0.6) is 5.75 Å². The molecule has 2 aliphatic rings. The van der Waals surface area contributed by atoms with Gasteiger partial charge in [-0.05, 0) is 74.6 Å². The summed E-state index contributed by atoms with van der Waals surface area (Å²) in [5.41, 5.74) is 3.37. The van der Waals surface area contributed by atoms with Gasteiger partial charge in [-0.3, -0.25) is 14.6 Å². The molecular weight excluding hydrogens is 470 g/mol. The molecule has 0 bridgehead atoms. The first-order valence-electron chi connectivity index (χ1n) is 14.3. The molecule has 1 amide bonds. The number of amides is 1. The first-order chi connectivity index (χ1) is 18.7. The van der Waals surface area contributed by atoms with E-state index in [-0.39, 0.29) is 12.0 Å². The number of carbonyl (C=O) groups is 1. The van der Waals surface area contributed by atoms with E-state index < -0.39 is 0 Å². The van der Waals surface area contributed by atoms with E-state index in [1.807, 2.05) is 24.3 Å². The number of likely N-dealkylation sites (N-methyl/N-ethyl adjacent to an activating group) is 1. The highest BCUT2D eigenvalue weighted by Gasteiger charge is 2.26. The molecule has 2 saturated heterocycles. The number of nitrogens with one attached hydrogen (secondary N) is 1. The highest BCUT2D eigenvalue weighted by atomic mass is 16.5. The summed E-state index contributed by atoms with van der Waals surface area (Å²) in [4.78, 5) is 17.9. The Labute approximate surface area is 227 Å². The van der Waals surface area contributed by atoms with Crippen molar-refractivity contribution in [2.45, 2.75) is 50.7 Å². The van der Waals surface area contributed by atoms with Crippen LogP contribution < -0.4 is 10.1 Å². The van der Waals surface area contributed by atoms with Crippen molar-refractivity contribution in [1.82, 2.24) is 15.1 Å². The number of benzene rings is 3. The van der Waals surface area contributed by atoms with Gasteiger partial charge in [-0.2, -0.15) is 0 Å². The largest absolute Gasteiger partial charge is 0.489 e. The van der Waals surface area contributed by atoms with Crippen LogP contribution >= 0.6 is 0 Å². The molecule has 2 fully saturated rings. The molecule has 0 radical (unpaired) electrons. The molecule has 3 aromatic carbocycles. The molecule has 2 aliphatic heterocycles. The zero-order chi connectivity index (χ0) is 26.2. The van der Waals surface area contributed by atoms with Crippen molar-refractivity contribution in [3.05, 3.63) is 102 Å². The summed E-state index contributed by atoms with van der Waals surface area (Å²) >= 11 is 0. The molecule has 5 rings (SSSR count). The molecule has 5 nitrogen and oxygen atoms in total. The van der Waals surface area contributed by atoms with Crippen LogP contribution in [-0.2, 0) is 0 Å². The fourth-order valence-corrected chi connectivity index (χ4v) is 6.07. The van der Waals surface area contributed by atoms with Gasteiger partial charge in [-0.25, -0.2) is 0 Å². The van der Waals surface area contributed by atoms with E-state index in [0.29, 0.717) is 24.1 Å². The molecular formula is C33H41N3O2. The highest BCUT2D eigenvalue weighted by molar-refractivity contribution is 5.94. The molecule has 0 aliphatic carbocycles. The summed E-state index contributed by atoms with van der Waals surface area (Å²) in [7, 11) is 0. The van der Waals surface area contributed by atoms with Gasteiger partial charge < -0.3 is 10.1 Å². The van der Waals surface area contributed by atoms with E-state index in [9.17, 15) is 4.79 Å². The Kier molecular flexibility index (Phi) is 9.11. The predicted molar refractivity (Wildman–Crippen MR) is 154 cm³/mol. The van der Waals surface area contributed by atoms with E-state index >= 15 is 0 Å². The third-order valence-corrected chi connectivity index (χ3v) is 8.11. The number of rotatable bonds is 10. The average molecular weight is 512 g/mol. The van der Waals surface area contributed by atoms with Crippen molar-refractivity contribution in [1.29, 1.82) is 0 Å². The van der Waals surface area contributed by atoms with Crippen LogP contribution in [0.3, 0.4) is 0 Å². The minimum Gasteiger partial charge on any atom is -0.489 e. The second-order valence-electron chi connectivity index (χ2n) is 10.7. The highest BCUT2D eigenvalue weighted by Crippen LogP contribution is 2.28. The number of carbonyl (C=O) groups excluding carboxylic acids is 1. The van der Waals surface area contributed by atoms with Gasteiger partial charge in [0.1, 0.15) is 11.9 Å². The van der Waals surface area contributed by atoms with Crippen LogP contribution in [0.2, 0.25) is 0 Å². The monoisotopic (exact) mass is 511 g/mol. The summed E-state index contributed by atoms with van der Waals surface area (Å²) < 4.78 is 6.45. The third kappa shape index (κ3) is 6.83. The molecule has 0 spiro atoms. The standard InChI is InChI=1S/C33H41N3O2/c1-2-36-21-10-17-29(36)23-34-33(37)28-16-9-18-30(22-28)38-31-19-11-20-35(24-31)25-32(26-12-5-3-6-13-26)27-14-7-4-8-15-27/h3-9,12-16,18,22,29,31-32H,2,10-11,17,19-21,23-25H2,1H3,(H,34,37). The second-order valence-corrected chi connectivity index (χ2v) is 10.7. The van der Waals surface area contributed by atoms with Gasteiger partial charge in [0.2, 0.25) is 0 Å². The van der Waals surface area contributed by atoms with Crippen LogP contribution in [0.4, 0.5) is 0 Å². The maximum atomic E-state index is 12.9. The van der Waals surface area contributed by atoms with E-state index in [1.165, 1.54) is 17.5 Å². The maximum Gasteiger partial charge on any atom is 0.251 e. The van der Waals surface area contributed by atoms with Gasteiger partial charge in [-0.1, -0.05) is 73.7 Å². The Balaban J connectivity index is 1.19. The maximum absolute atomic E-state index is 12.9. The third-order valence-electron chi connectivity index (χ3n) is 8.11. The first-order valence-corrected chi connectivity index (χ1v) is 14.3. The van der Waals surface area contributed by atoms with E-state index in [2.05, 4.69) is 82.7 Å². The Hall–Kier alpha value is -3.15. The van der Waals surface area contributed by atoms with E-state index in [4.69, 9.17) is 4.74 Å². The Bertz CT molecular complexity index is 1110. The van der Waals surface area contributed by atoms with Crippen molar-refractivity contribution >= 4 is 5.91 Å². The number of piperidine rings is 1. The zero-order valence-electron chi connectivity index (χ0n) is 22.6. The van der Waals surface area contributed by atoms with Crippen LogP contribution in [0.15, 0.2) is 84.9 Å². The lowest BCUT2D eigenvalue weighted by Gasteiger charge is -2.35. The van der Waals surface area contributed by atoms with Crippen molar-refractivity contribution in [2.24, 2.45) is 0 Å². The van der Waals surface area contributed by atoms with Gasteiger partial charge in [0, 0.05) is 37.2 Å². The van der Waals surface area contributed by atoms with Gasteiger partial charge in [-0.15, -0.1) is 0 Å². The van der Waals surface area contributed by atoms with Crippen molar-refractivity contribution in [2.75, 3.05) is 39.3 Å². The molecule has 5 heteroatoms. The molecule has 200 valence electrons. The molecule has 0 saturated carbocycles. The minimum absolute atomic E-state index is 0.0164. The van der Waals surface area contributed by atoms with Gasteiger partial charge in [0.05, 0.1) is 0 Å². The Morgan fingerprint density at radius 2 is 1.63 bits per heavy atom. The summed E-state index contributed by atoms with van der Waals surface area (Å²) in [5.74, 6) is 1.09. The van der Waals surface area contributed by atoms with Crippen molar-refractivity contribution < 1.29 is 9.53 Å². The SMILES string of the molecule is CCN1CCCC1CNC(=O)c1cccc(OC2CCCN(CC(c3ccccc3)c3ccccc3)C2)c1. The first kappa shape index (κ1) is 26.5. The minimum atomic E-state index is -0.0164. The molecule has 38 heavy (non-hydrogen) atoms. The fraction of sp³-hybridized carbons (Fsp3) is 0.424. The van der Waals surface area contributed by atoms with Gasteiger partial charge in [0.15, 0.2) is 0 Å². The fourth-order valence-electron chi connectivity index (χ4n) is 6.07. The number of likely N-dealkylation sites (tertiary alicyclic amines) is 2. The molecule has 2 heterocycles. The number of nitrogens with zero attached hydrogens (tertiary/aromatic N) is 2. The van der Waals surface area contributed by atoms with Crippen LogP contribution in [-0.4, -0.2) is 67.1 Å². The summed E-state index contributed by atoms with van der Waals surface area (Å²) in [6, 6.07) is 29.8. The van der Waals surface area contributed by atoms with Crippen LogP contribution in [0.1, 0.15) is 60.0 Å². The second kappa shape index (κ2) is 13.1. The van der Waals surface area contributed by atoms with E-state index in [0.717, 1.165) is 57.7 Å². The normalized spacial score (nSPS) is 20.5. The molecule has 0 aromatic heterocycles.